The molecule has 0 aromatic rings. The van der Waals surface area contributed by atoms with Crippen molar-refractivity contribution in [1.29, 1.82) is 0 Å². The molecule has 2 aliphatic rings. The minimum Gasteiger partial charge on any atom is -0.481 e. The third kappa shape index (κ3) is 17.5. The molecule has 0 aromatic heterocycles. The number of primary amides is 1. The van der Waals surface area contributed by atoms with E-state index >= 15 is 0 Å². The fourth-order valence-electron chi connectivity index (χ4n) is 7.24. The number of carboxylic acids is 3. The quantitative estimate of drug-likeness (QED) is 0.0366. The Morgan fingerprint density at radius 1 is 0.631 bits per heavy atom. The highest BCUT2D eigenvalue weighted by Crippen LogP contribution is 2.23. The largest absolute Gasteiger partial charge is 0.481 e. The van der Waals surface area contributed by atoms with E-state index in [-0.39, 0.29) is 50.4 Å². The zero-order valence-corrected chi connectivity index (χ0v) is 37.6. The number of hydrogen-bond donors (Lipinski definition) is 12. The summed E-state index contributed by atoms with van der Waals surface area (Å²) in [5.41, 5.74) is 11.0. The van der Waals surface area contributed by atoms with E-state index in [4.69, 9.17) is 16.6 Å². The summed E-state index contributed by atoms with van der Waals surface area (Å²) in [4.78, 5) is 156. The van der Waals surface area contributed by atoms with Crippen LogP contribution in [0.25, 0.3) is 0 Å². The molecule has 0 bridgehead atoms. The van der Waals surface area contributed by atoms with Crippen molar-refractivity contribution in [2.75, 3.05) is 25.4 Å². The molecule has 9 amide bonds. The average molecular weight is 943 g/mol. The average Bonchev–Trinajstić information content (AvgIpc) is 3.92. The molecule has 26 heteroatoms. The molecule has 2 heterocycles. The van der Waals surface area contributed by atoms with Crippen LogP contribution in [0.4, 0.5) is 0 Å². The Labute approximate surface area is 380 Å². The van der Waals surface area contributed by atoms with Crippen LogP contribution in [-0.4, -0.2) is 170 Å². The SMILES string of the molecule is CC(C)C[C@H](NC(=O)[C@@H](NC(=O)[C@@H]1CCCN1C(=O)[C@H](CCC(N)=O)NC(=O)[C@H](CC(=O)O)NC(=O)[C@@H](N)CS)C(C)C)C(=O)N1CCC[C@H]1C(=O)N[C@@H](CC(=O)O)C(=O)NCC(=O)O. The Morgan fingerprint density at radius 2 is 1.11 bits per heavy atom. The first-order valence-electron chi connectivity index (χ1n) is 21.1. The number of carbonyl (C=O) groups excluding carboxylic acids is 9. The van der Waals surface area contributed by atoms with E-state index in [9.17, 15) is 67.7 Å². The highest BCUT2D eigenvalue weighted by Gasteiger charge is 2.43. The number of hydrogen-bond acceptors (Lipinski definition) is 14. The number of likely N-dealkylation sites (tertiary alicyclic amines) is 2. The van der Waals surface area contributed by atoms with Crippen molar-refractivity contribution in [3.63, 3.8) is 0 Å². The third-order valence-electron chi connectivity index (χ3n) is 10.5. The van der Waals surface area contributed by atoms with Crippen LogP contribution in [-0.2, 0) is 57.5 Å². The van der Waals surface area contributed by atoms with E-state index in [0.29, 0.717) is 12.8 Å². The van der Waals surface area contributed by atoms with Gasteiger partial charge in [-0.05, 0) is 50.4 Å². The summed E-state index contributed by atoms with van der Waals surface area (Å²) in [5, 5.41) is 41.9. The molecule has 65 heavy (non-hydrogen) atoms. The van der Waals surface area contributed by atoms with E-state index in [1.807, 2.05) is 5.32 Å². The number of carboxylic acid groups (broad SMARTS) is 3. The van der Waals surface area contributed by atoms with Crippen LogP contribution in [0, 0.1) is 11.8 Å². The molecule has 364 valence electrons. The first-order valence-corrected chi connectivity index (χ1v) is 21.7. The van der Waals surface area contributed by atoms with Gasteiger partial charge in [-0.1, -0.05) is 27.7 Å². The van der Waals surface area contributed by atoms with Gasteiger partial charge in [0, 0.05) is 25.3 Å². The van der Waals surface area contributed by atoms with Gasteiger partial charge in [0.1, 0.15) is 48.8 Å². The molecule has 13 N–H and O–H groups in total. The van der Waals surface area contributed by atoms with Crippen LogP contribution >= 0.6 is 12.6 Å². The normalized spacial score (nSPS) is 18.6. The van der Waals surface area contributed by atoms with E-state index in [1.54, 1.807) is 27.7 Å². The third-order valence-corrected chi connectivity index (χ3v) is 10.9. The van der Waals surface area contributed by atoms with Crippen molar-refractivity contribution in [1.82, 2.24) is 41.7 Å². The summed E-state index contributed by atoms with van der Waals surface area (Å²) in [7, 11) is 0. The molecule has 2 aliphatic heterocycles. The lowest BCUT2D eigenvalue weighted by atomic mass is 9.99. The van der Waals surface area contributed by atoms with Crippen LogP contribution in [0.1, 0.15) is 85.5 Å². The second-order valence-electron chi connectivity index (χ2n) is 16.6. The van der Waals surface area contributed by atoms with E-state index in [1.165, 1.54) is 4.90 Å². The number of carbonyl (C=O) groups is 12. The summed E-state index contributed by atoms with van der Waals surface area (Å²) in [6.07, 6.45) is -1.60. The molecule has 0 radical (unpaired) electrons. The second-order valence-corrected chi connectivity index (χ2v) is 17.0. The minimum atomic E-state index is -1.70. The summed E-state index contributed by atoms with van der Waals surface area (Å²) < 4.78 is 0. The Kier molecular flexibility index (Phi) is 22.1. The lowest BCUT2D eigenvalue weighted by Crippen LogP contribution is -2.61. The molecule has 0 aliphatic carbocycles. The molecule has 8 atom stereocenters. The Bertz CT molecular complexity index is 1820. The van der Waals surface area contributed by atoms with Crippen LogP contribution in [0.15, 0.2) is 0 Å². The summed E-state index contributed by atoms with van der Waals surface area (Å²) in [6.45, 7) is 6.02. The number of nitrogens with zero attached hydrogens (tertiary/aromatic N) is 2. The van der Waals surface area contributed by atoms with E-state index in [0.717, 1.165) is 4.90 Å². The minimum absolute atomic E-state index is 0.00406. The topological polar surface area (TPSA) is 396 Å². The number of nitrogens with two attached hydrogens (primary N) is 2. The van der Waals surface area contributed by atoms with Crippen molar-refractivity contribution >= 4 is 83.7 Å². The Balaban J connectivity index is 2.30. The number of thiol groups is 1. The van der Waals surface area contributed by atoms with Gasteiger partial charge in [0.2, 0.25) is 53.2 Å². The van der Waals surface area contributed by atoms with Gasteiger partial charge >= 0.3 is 17.9 Å². The van der Waals surface area contributed by atoms with E-state index in [2.05, 4.69) is 39.2 Å². The zero-order valence-electron chi connectivity index (χ0n) is 36.7. The lowest BCUT2D eigenvalue weighted by Gasteiger charge is -2.33. The molecule has 2 fully saturated rings. The first kappa shape index (κ1) is 55.1. The maximum absolute atomic E-state index is 14.1. The number of aliphatic carboxylic acids is 3. The Morgan fingerprint density at radius 3 is 1.57 bits per heavy atom. The lowest BCUT2D eigenvalue weighted by molar-refractivity contribution is -0.145. The van der Waals surface area contributed by atoms with Crippen molar-refractivity contribution < 1.29 is 72.9 Å². The van der Waals surface area contributed by atoms with Crippen LogP contribution < -0.4 is 43.4 Å². The van der Waals surface area contributed by atoms with Gasteiger partial charge in [-0.2, -0.15) is 12.6 Å². The first-order chi connectivity index (χ1) is 30.4. The van der Waals surface area contributed by atoms with E-state index < -0.39 is 151 Å². The van der Waals surface area contributed by atoms with Crippen LogP contribution in [0.3, 0.4) is 0 Å². The molecular formula is C39H62N10O15S. The molecule has 25 nitrogen and oxygen atoms in total. The van der Waals surface area contributed by atoms with Gasteiger partial charge in [0.15, 0.2) is 0 Å². The molecule has 0 spiro atoms. The van der Waals surface area contributed by atoms with Crippen molar-refractivity contribution in [3.8, 4) is 0 Å². The van der Waals surface area contributed by atoms with Crippen LogP contribution in [0.2, 0.25) is 0 Å². The maximum Gasteiger partial charge on any atom is 0.322 e. The summed E-state index contributed by atoms with van der Waals surface area (Å²) >= 11 is 3.92. The standard InChI is InChI=1S/C39H62N10O15S/c1-18(2)13-24(39(64)49-12-5-7-25(49)35(60)45-22(14-28(51)52)33(58)42-16-30(55)56)46-37(62)31(19(3)4)47-36(61)26-8-6-11-48(26)38(63)21(9-10-27(41)50)43-34(59)23(15-29(53)54)44-32(57)20(40)17-65/h18-26,31,65H,5-17,40H2,1-4H3,(H2,41,50)(H,42,58)(H,43,59)(H,44,57)(H,45,60)(H,46,62)(H,47,61)(H,51,52)(H,53,54)(H,55,56)/t20-,21-,22-,23-,24-,25-,26-,31-/m0/s1. The number of rotatable bonds is 26. The van der Waals surface area contributed by atoms with Crippen molar-refractivity contribution in [2.45, 2.75) is 134 Å². The highest BCUT2D eigenvalue weighted by atomic mass is 32.1. The molecular weight excluding hydrogens is 881 g/mol. The smallest absolute Gasteiger partial charge is 0.322 e. The van der Waals surface area contributed by atoms with Gasteiger partial charge < -0.3 is 68.5 Å². The van der Waals surface area contributed by atoms with Gasteiger partial charge in [-0.15, -0.1) is 0 Å². The second kappa shape index (κ2) is 26.0. The fourth-order valence-corrected chi connectivity index (χ4v) is 7.41. The summed E-state index contributed by atoms with van der Waals surface area (Å²) in [5.74, 6) is -13.1. The maximum atomic E-state index is 14.1. The highest BCUT2D eigenvalue weighted by molar-refractivity contribution is 7.80. The summed E-state index contributed by atoms with van der Waals surface area (Å²) in [6, 6.07) is -11.0. The van der Waals surface area contributed by atoms with Gasteiger partial charge in [-0.3, -0.25) is 57.5 Å². The zero-order chi connectivity index (χ0) is 49.3. The van der Waals surface area contributed by atoms with Gasteiger partial charge in [-0.25, -0.2) is 0 Å². The number of nitrogens with one attached hydrogen (secondary N) is 6. The molecule has 0 aromatic carbocycles. The van der Waals surface area contributed by atoms with Crippen molar-refractivity contribution in [2.24, 2.45) is 23.3 Å². The number of amides is 9. The van der Waals surface area contributed by atoms with Gasteiger partial charge in [0.05, 0.1) is 18.9 Å². The Hall–Kier alpha value is -6.05. The predicted molar refractivity (Wildman–Crippen MR) is 229 cm³/mol. The monoisotopic (exact) mass is 942 g/mol. The van der Waals surface area contributed by atoms with Crippen molar-refractivity contribution in [3.05, 3.63) is 0 Å². The molecule has 2 saturated heterocycles. The molecule has 0 unspecified atom stereocenters. The molecule has 0 saturated carbocycles. The van der Waals surface area contributed by atoms with Crippen LogP contribution in [0.5, 0.6) is 0 Å². The fraction of sp³-hybridized carbons (Fsp3) is 0.692. The van der Waals surface area contributed by atoms with Gasteiger partial charge in [0.25, 0.3) is 0 Å². The molecule has 2 rings (SSSR count). The predicted octanol–water partition coefficient (Wildman–Crippen LogP) is -4.23.